The number of piperidine rings is 1. The summed E-state index contributed by atoms with van der Waals surface area (Å²) in [5.74, 6) is 1.10. The van der Waals surface area contributed by atoms with Crippen LogP contribution in [0, 0.1) is 17.8 Å². The molecule has 2 aliphatic carbocycles. The van der Waals surface area contributed by atoms with E-state index < -0.39 is 6.29 Å². The number of hydrogen-bond acceptors (Lipinski definition) is 7. The summed E-state index contributed by atoms with van der Waals surface area (Å²) in [5, 5.41) is 23.8. The van der Waals surface area contributed by atoms with Gasteiger partial charge in [-0.05, 0) is 62.9 Å². The van der Waals surface area contributed by atoms with Gasteiger partial charge in [0.2, 0.25) is 0 Å². The summed E-state index contributed by atoms with van der Waals surface area (Å²) in [7, 11) is 0. The number of oxime groups is 1. The molecule has 182 valence electrons. The minimum absolute atomic E-state index is 0.0204. The van der Waals surface area contributed by atoms with Crippen molar-refractivity contribution in [2.24, 2.45) is 22.9 Å². The van der Waals surface area contributed by atoms with E-state index in [0.29, 0.717) is 25.4 Å². The van der Waals surface area contributed by atoms with E-state index in [9.17, 15) is 14.6 Å². The molecule has 1 fully saturated rings. The molecule has 33 heavy (non-hydrogen) atoms. The van der Waals surface area contributed by atoms with Crippen LogP contribution >= 0.6 is 0 Å². The quantitative estimate of drug-likeness (QED) is 0.566. The monoisotopic (exact) mass is 462 g/mol. The third-order valence-electron chi connectivity index (χ3n) is 7.72. The lowest BCUT2D eigenvalue weighted by Gasteiger charge is -2.36. The summed E-state index contributed by atoms with van der Waals surface area (Å²) >= 11 is 0. The Kier molecular flexibility index (Phi) is 7.16. The molecule has 7 nitrogen and oxygen atoms in total. The van der Waals surface area contributed by atoms with E-state index in [2.05, 4.69) is 10.1 Å². The fourth-order valence-electron chi connectivity index (χ4n) is 5.88. The Labute approximate surface area is 194 Å². The lowest BCUT2D eigenvalue weighted by atomic mass is 9.81. The number of aliphatic hydroxyl groups is 2. The van der Waals surface area contributed by atoms with Gasteiger partial charge in [-0.15, -0.1) is 0 Å². The topological polar surface area (TPSA) is 83.8 Å². The zero-order chi connectivity index (χ0) is 22.8. The van der Waals surface area contributed by atoms with Crippen molar-refractivity contribution < 1.29 is 28.9 Å². The van der Waals surface area contributed by atoms with Crippen molar-refractivity contribution >= 4 is 5.71 Å². The van der Waals surface area contributed by atoms with Crippen LogP contribution in [0.5, 0.6) is 0 Å². The molecule has 1 unspecified atom stereocenters. The van der Waals surface area contributed by atoms with Crippen LogP contribution in [0.15, 0.2) is 40.5 Å². The summed E-state index contributed by atoms with van der Waals surface area (Å²) in [6.07, 6.45) is 10.0. The average Bonchev–Trinajstić information content (AvgIpc) is 3.24. The van der Waals surface area contributed by atoms with Crippen molar-refractivity contribution in [3.05, 3.63) is 35.4 Å². The van der Waals surface area contributed by atoms with Crippen molar-refractivity contribution in [1.29, 1.82) is 0 Å². The maximum absolute atomic E-state index is 13.4. The van der Waals surface area contributed by atoms with Gasteiger partial charge in [0.25, 0.3) is 0 Å². The standard InChI is InChI=1S/C25H35FN2O5/c26-18-2-4-21-23(13-18)33-27-25(21)16-6-9-28(10-7-16)8-1-11-31-19-3-5-20-17(15-29)12-24(30)32-22(20)14-19/h2,4,13,16-17,19,21,23-24,29-30H,1,3,5-12,14-15H2/t17-,19+,21?,23-,24+/m0/s1. The van der Waals surface area contributed by atoms with E-state index >= 15 is 0 Å². The number of halogens is 1. The maximum Gasteiger partial charge on any atom is 0.197 e. The lowest BCUT2D eigenvalue weighted by molar-refractivity contribution is -0.107. The molecular formula is C25H35FN2O5. The highest BCUT2D eigenvalue weighted by molar-refractivity contribution is 5.92. The van der Waals surface area contributed by atoms with Gasteiger partial charge in [-0.25, -0.2) is 4.39 Å². The number of likely N-dealkylation sites (tertiary alicyclic amines) is 1. The molecule has 5 atom stereocenters. The second-order valence-corrected chi connectivity index (χ2v) is 9.86. The Bertz CT molecular complexity index is 833. The molecule has 3 aliphatic heterocycles. The van der Waals surface area contributed by atoms with Crippen molar-refractivity contribution in [1.82, 2.24) is 4.90 Å². The fourth-order valence-corrected chi connectivity index (χ4v) is 5.88. The molecule has 0 saturated carbocycles. The van der Waals surface area contributed by atoms with E-state index in [1.807, 2.05) is 6.08 Å². The molecule has 0 aromatic heterocycles. The number of hydrogen-bond donors (Lipinski definition) is 2. The smallest absolute Gasteiger partial charge is 0.197 e. The van der Waals surface area contributed by atoms with Crippen molar-refractivity contribution in [2.75, 3.05) is 32.8 Å². The largest absolute Gasteiger partial charge is 0.469 e. The number of aliphatic hydroxyl groups excluding tert-OH is 2. The molecule has 5 rings (SSSR count). The van der Waals surface area contributed by atoms with Crippen LogP contribution in [-0.4, -0.2) is 72.2 Å². The molecule has 0 aromatic rings. The highest BCUT2D eigenvalue weighted by Gasteiger charge is 2.38. The van der Waals surface area contributed by atoms with Gasteiger partial charge in [0.15, 0.2) is 12.4 Å². The number of nitrogens with zero attached hydrogens (tertiary/aromatic N) is 2. The summed E-state index contributed by atoms with van der Waals surface area (Å²) in [6.45, 7) is 3.85. The summed E-state index contributed by atoms with van der Waals surface area (Å²) in [6, 6.07) is 0. The molecular weight excluding hydrogens is 427 g/mol. The normalized spacial score (nSPS) is 34.8. The van der Waals surface area contributed by atoms with Crippen LogP contribution in [0.3, 0.4) is 0 Å². The van der Waals surface area contributed by atoms with Crippen LogP contribution in [-0.2, 0) is 14.3 Å². The first kappa shape index (κ1) is 23.0. The number of rotatable bonds is 7. The Morgan fingerprint density at radius 1 is 1.24 bits per heavy atom. The van der Waals surface area contributed by atoms with Gasteiger partial charge in [-0.1, -0.05) is 11.2 Å². The molecule has 1 saturated heterocycles. The van der Waals surface area contributed by atoms with Crippen LogP contribution in [0.1, 0.15) is 44.9 Å². The Balaban J connectivity index is 1.01. The second-order valence-electron chi connectivity index (χ2n) is 9.86. The molecule has 3 heterocycles. The summed E-state index contributed by atoms with van der Waals surface area (Å²) in [4.78, 5) is 7.94. The van der Waals surface area contributed by atoms with Crippen molar-refractivity contribution in [3.63, 3.8) is 0 Å². The second kappa shape index (κ2) is 10.3. The minimum atomic E-state index is -0.818. The summed E-state index contributed by atoms with van der Waals surface area (Å²) < 4.78 is 25.2. The number of fused-ring (bicyclic) bond motifs is 1. The molecule has 0 aromatic carbocycles. The molecule has 5 aliphatic rings. The first-order valence-electron chi connectivity index (χ1n) is 12.4. The van der Waals surface area contributed by atoms with E-state index in [4.69, 9.17) is 14.3 Å². The van der Waals surface area contributed by atoms with E-state index in [-0.39, 0.29) is 36.5 Å². The van der Waals surface area contributed by atoms with Crippen LogP contribution < -0.4 is 0 Å². The molecule has 2 N–H and O–H groups in total. The first-order valence-corrected chi connectivity index (χ1v) is 12.4. The molecule has 0 amide bonds. The number of ether oxygens (including phenoxy) is 2. The predicted octanol–water partition coefficient (Wildman–Crippen LogP) is 3.05. The molecule has 8 heteroatoms. The van der Waals surface area contributed by atoms with Gasteiger partial charge >= 0.3 is 0 Å². The third kappa shape index (κ3) is 5.19. The fraction of sp³-hybridized carbons (Fsp3) is 0.720. The van der Waals surface area contributed by atoms with Gasteiger partial charge in [0, 0.05) is 44.4 Å². The third-order valence-corrected chi connectivity index (χ3v) is 7.72. The Morgan fingerprint density at radius 3 is 2.91 bits per heavy atom. The summed E-state index contributed by atoms with van der Waals surface area (Å²) in [5.41, 5.74) is 2.24. The number of allylic oxidation sites excluding steroid dienone is 2. The van der Waals surface area contributed by atoms with Crippen LogP contribution in [0.25, 0.3) is 0 Å². The Morgan fingerprint density at radius 2 is 2.09 bits per heavy atom. The van der Waals surface area contributed by atoms with Gasteiger partial charge in [-0.2, -0.15) is 0 Å². The van der Waals surface area contributed by atoms with Crippen molar-refractivity contribution in [3.8, 4) is 0 Å². The average molecular weight is 463 g/mol. The highest BCUT2D eigenvalue weighted by Crippen LogP contribution is 2.38. The van der Waals surface area contributed by atoms with Crippen molar-refractivity contribution in [2.45, 2.75) is 63.4 Å². The molecule has 0 radical (unpaired) electrons. The zero-order valence-electron chi connectivity index (χ0n) is 19.1. The molecule has 0 spiro atoms. The maximum atomic E-state index is 13.4. The lowest BCUT2D eigenvalue weighted by Crippen LogP contribution is -2.39. The molecule has 0 bridgehead atoms. The zero-order valence-corrected chi connectivity index (χ0v) is 19.1. The van der Waals surface area contributed by atoms with Gasteiger partial charge in [-0.3, -0.25) is 0 Å². The van der Waals surface area contributed by atoms with Crippen LogP contribution in [0.2, 0.25) is 0 Å². The van der Waals surface area contributed by atoms with Gasteiger partial charge in [0.05, 0.1) is 17.7 Å². The minimum Gasteiger partial charge on any atom is -0.469 e. The Hall–Kier alpha value is -1.74. The first-order chi connectivity index (χ1) is 16.1. The van der Waals surface area contributed by atoms with Gasteiger partial charge in [0.1, 0.15) is 11.6 Å². The SMILES string of the molecule is OC[C@@H]1C[C@H](O)OC2=C1CC[C@@H](OCCCN1CCC(C3=NO[C@H]4C=C(F)C=CC34)CC1)C2. The van der Waals surface area contributed by atoms with E-state index in [0.717, 1.165) is 63.2 Å². The van der Waals surface area contributed by atoms with E-state index in [1.165, 1.54) is 17.7 Å². The highest BCUT2D eigenvalue weighted by atomic mass is 19.1. The predicted molar refractivity (Wildman–Crippen MR) is 121 cm³/mol. The van der Waals surface area contributed by atoms with Gasteiger partial charge < -0.3 is 29.4 Å². The van der Waals surface area contributed by atoms with E-state index in [1.54, 1.807) is 0 Å². The van der Waals surface area contributed by atoms with Crippen LogP contribution in [0.4, 0.5) is 4.39 Å².